The van der Waals surface area contributed by atoms with Gasteiger partial charge in [-0.25, -0.2) is 9.89 Å². The van der Waals surface area contributed by atoms with Gasteiger partial charge >= 0.3 is 5.69 Å². The van der Waals surface area contributed by atoms with Gasteiger partial charge in [0.25, 0.3) is 5.56 Å². The van der Waals surface area contributed by atoms with Crippen LogP contribution in [0, 0.1) is 6.07 Å². The molecule has 0 atom stereocenters. The number of hydrogen-bond acceptors (Lipinski definition) is 6. The number of halogens is 2. The average Bonchev–Trinajstić information content (AvgIpc) is 2.52. The number of nitrogen functional groups attached to an aromatic ring is 1. The second-order valence-electron chi connectivity index (χ2n) is 4.57. The zero-order chi connectivity index (χ0) is 17.3. The fourth-order valence-corrected chi connectivity index (χ4v) is 2.41. The number of pyridine rings is 1. The van der Waals surface area contributed by atoms with Crippen molar-refractivity contribution in [3.63, 3.8) is 0 Å². The number of nitrogens with zero attached hydrogens (tertiary/aromatic N) is 2. The molecule has 0 spiro atoms. The zero-order valence-corrected chi connectivity index (χ0v) is 16.7. The quantitative estimate of drug-likeness (QED) is 0.520. The first kappa shape index (κ1) is 19.6. The Hall–Kier alpha value is -1.74. The minimum absolute atomic E-state index is 0. The molecule has 2 aromatic heterocycles. The first-order chi connectivity index (χ1) is 11.4. The Morgan fingerprint density at radius 3 is 2.44 bits per heavy atom. The van der Waals surface area contributed by atoms with E-state index in [1.165, 1.54) is 24.4 Å². The second kappa shape index (κ2) is 8.10. The van der Waals surface area contributed by atoms with Crippen LogP contribution in [0.25, 0.3) is 11.3 Å². The topological polar surface area (TPSA) is 127 Å². The smallest absolute Gasteiger partial charge is 0.342 e. The van der Waals surface area contributed by atoms with Gasteiger partial charge in [0.15, 0.2) is 5.69 Å². The number of ether oxygens (including phenoxy) is 1. The van der Waals surface area contributed by atoms with Crippen molar-refractivity contribution in [2.75, 3.05) is 5.73 Å². The van der Waals surface area contributed by atoms with Crippen molar-refractivity contribution < 1.29 is 37.4 Å². The van der Waals surface area contributed by atoms with Crippen LogP contribution in [-0.2, 0) is 32.7 Å². The number of nitrogens with one attached hydrogen (secondary N) is 2. The monoisotopic (exact) mass is 453 g/mol. The number of aromatic nitrogens is 4. The maximum atomic E-state index is 11.8. The van der Waals surface area contributed by atoms with E-state index in [4.69, 9.17) is 33.7 Å². The molecule has 4 N–H and O–H groups in total. The molecule has 8 nitrogen and oxygen atoms in total. The molecule has 0 bridgehead atoms. The van der Waals surface area contributed by atoms with Crippen LogP contribution in [0.5, 0.6) is 11.6 Å². The summed E-state index contributed by atoms with van der Waals surface area (Å²) in [5.41, 5.74) is 4.74. The summed E-state index contributed by atoms with van der Waals surface area (Å²) < 4.78 is 5.51. The zero-order valence-electron chi connectivity index (χ0n) is 12.3. The summed E-state index contributed by atoms with van der Waals surface area (Å²) in [7, 11) is 0. The van der Waals surface area contributed by atoms with Crippen molar-refractivity contribution in [1.82, 2.24) is 20.2 Å². The Morgan fingerprint density at radius 2 is 1.88 bits per heavy atom. The van der Waals surface area contributed by atoms with Gasteiger partial charge in [0, 0.05) is 38.3 Å². The number of H-pyrrole nitrogens is 2. The third-order valence-electron chi connectivity index (χ3n) is 2.88. The molecule has 2 heterocycles. The fourth-order valence-electron chi connectivity index (χ4n) is 1.85. The molecule has 125 valence electrons. The van der Waals surface area contributed by atoms with Crippen LogP contribution in [0.1, 0.15) is 0 Å². The molecule has 3 rings (SSSR count). The minimum atomic E-state index is -0.716. The van der Waals surface area contributed by atoms with E-state index in [1.807, 2.05) is 0 Å². The maximum Gasteiger partial charge on any atom is 0.342 e. The molecule has 11 heteroatoms. The van der Waals surface area contributed by atoms with Crippen molar-refractivity contribution in [3.05, 3.63) is 61.3 Å². The van der Waals surface area contributed by atoms with Crippen LogP contribution in [0.2, 0.25) is 10.0 Å². The van der Waals surface area contributed by atoms with E-state index in [1.54, 1.807) is 0 Å². The number of anilines is 1. The molecule has 0 aliphatic rings. The van der Waals surface area contributed by atoms with Crippen LogP contribution < -0.4 is 21.7 Å². The number of rotatable bonds is 3. The molecule has 0 saturated heterocycles. The first-order valence-corrected chi connectivity index (χ1v) is 7.19. The van der Waals surface area contributed by atoms with Crippen LogP contribution in [0.15, 0.2) is 34.0 Å². The second-order valence-corrected chi connectivity index (χ2v) is 5.38. The number of benzene rings is 1. The summed E-state index contributed by atoms with van der Waals surface area (Å²) >= 11 is 12.3. The molecule has 25 heavy (non-hydrogen) atoms. The van der Waals surface area contributed by atoms with Crippen molar-refractivity contribution in [1.29, 1.82) is 0 Å². The molecule has 0 saturated carbocycles. The molecule has 1 radical (unpaired) electrons. The Bertz CT molecular complexity index is 997. The third-order valence-corrected chi connectivity index (χ3v) is 3.44. The largest absolute Gasteiger partial charge is 0.496 e. The number of nitrogens with two attached hydrogens (primary N) is 1. The maximum absolute atomic E-state index is 11.8. The summed E-state index contributed by atoms with van der Waals surface area (Å²) in [6.45, 7) is 0. The number of aromatic amines is 2. The molecular weight excluding hydrogens is 446 g/mol. The van der Waals surface area contributed by atoms with Gasteiger partial charge in [-0.3, -0.25) is 9.78 Å². The van der Waals surface area contributed by atoms with Gasteiger partial charge in [-0.1, -0.05) is 35.1 Å². The van der Waals surface area contributed by atoms with Crippen LogP contribution in [-0.4, -0.2) is 20.2 Å². The summed E-state index contributed by atoms with van der Waals surface area (Å²) in [5, 5.41) is 6.07. The van der Waals surface area contributed by atoms with Crippen LogP contribution in [0.4, 0.5) is 5.69 Å². The summed E-state index contributed by atoms with van der Waals surface area (Å²) in [6.07, 6.45) is 1.37. The Morgan fingerprint density at radius 1 is 1.20 bits per heavy atom. The SMILES string of the molecule is Nc1[c-]cc(Oc2c(Cl)cc(-c3n[nH]c(=O)[nH]c3=O)cc2Cl)nc1.[Y]. The van der Waals surface area contributed by atoms with E-state index in [0.717, 1.165) is 0 Å². The van der Waals surface area contributed by atoms with Gasteiger partial charge in [0.1, 0.15) is 11.6 Å². The molecular formula is C14H8Cl2N5O3Y-. The first-order valence-electron chi connectivity index (χ1n) is 6.43. The van der Waals surface area contributed by atoms with E-state index >= 15 is 0 Å². The minimum Gasteiger partial charge on any atom is -0.496 e. The fraction of sp³-hybridized carbons (Fsp3) is 0. The van der Waals surface area contributed by atoms with Gasteiger partial charge in [-0.15, -0.1) is 6.07 Å². The molecule has 3 aromatic rings. The van der Waals surface area contributed by atoms with E-state index in [0.29, 0.717) is 11.3 Å². The van der Waals surface area contributed by atoms with Crippen LogP contribution in [0.3, 0.4) is 0 Å². The Labute approximate surface area is 175 Å². The Balaban J connectivity index is 0.00000225. The predicted octanol–water partition coefficient (Wildman–Crippen LogP) is 2.00. The molecule has 0 amide bonds. The molecule has 0 fully saturated rings. The van der Waals surface area contributed by atoms with Gasteiger partial charge in [0.2, 0.25) is 0 Å². The van der Waals surface area contributed by atoms with Gasteiger partial charge in [-0.2, -0.15) is 11.2 Å². The van der Waals surface area contributed by atoms with Crippen molar-refractivity contribution in [3.8, 4) is 22.9 Å². The normalized spacial score (nSPS) is 10.2. The molecule has 1 aromatic carbocycles. The summed E-state index contributed by atoms with van der Waals surface area (Å²) in [4.78, 5) is 28.8. The van der Waals surface area contributed by atoms with E-state index in [2.05, 4.69) is 26.2 Å². The number of hydrogen-bond donors (Lipinski definition) is 3. The van der Waals surface area contributed by atoms with Crippen molar-refractivity contribution >= 4 is 28.9 Å². The third kappa shape index (κ3) is 4.46. The van der Waals surface area contributed by atoms with Crippen LogP contribution >= 0.6 is 23.2 Å². The molecule has 0 aliphatic carbocycles. The molecule has 0 aliphatic heterocycles. The predicted molar refractivity (Wildman–Crippen MR) is 88.5 cm³/mol. The van der Waals surface area contributed by atoms with Crippen molar-refractivity contribution in [2.45, 2.75) is 0 Å². The van der Waals surface area contributed by atoms with E-state index in [-0.39, 0.29) is 60.1 Å². The van der Waals surface area contributed by atoms with Gasteiger partial charge < -0.3 is 15.5 Å². The standard InChI is InChI=1S/C14H8Cl2N5O3.Y/c15-8-3-6(11-13(22)19-14(23)21-20-11)4-9(16)12(8)24-10-2-1-7(17)5-18-10;/h2-5H,17H2,(H2,19,21,22,23);/q-1;. The van der Waals surface area contributed by atoms with Gasteiger partial charge in [-0.05, 0) is 12.1 Å². The Kier molecular flexibility index (Phi) is 6.34. The summed E-state index contributed by atoms with van der Waals surface area (Å²) in [5.74, 6) is 0.342. The summed E-state index contributed by atoms with van der Waals surface area (Å²) in [6, 6.07) is 7.02. The van der Waals surface area contributed by atoms with Gasteiger partial charge in [0.05, 0.1) is 10.0 Å². The van der Waals surface area contributed by atoms with E-state index < -0.39 is 11.2 Å². The van der Waals surface area contributed by atoms with E-state index in [9.17, 15) is 9.59 Å². The average molecular weight is 454 g/mol. The van der Waals surface area contributed by atoms with Crippen molar-refractivity contribution in [2.24, 2.45) is 0 Å². The molecule has 0 unspecified atom stereocenters.